The molecule has 0 spiro atoms. The second kappa shape index (κ2) is 12.4. The number of rotatable bonds is 6. The predicted molar refractivity (Wildman–Crippen MR) is 120 cm³/mol. The molecule has 0 aliphatic carbocycles. The molecule has 32 heavy (non-hydrogen) atoms. The number of carboxylic acid groups (broad SMARTS) is 1. The number of carbonyl (C=O) groups is 2. The third kappa shape index (κ3) is 7.23. The Bertz CT molecular complexity index is 1140. The van der Waals surface area contributed by atoms with Crippen LogP contribution in [0.3, 0.4) is 0 Å². The molecule has 3 aromatic rings. The van der Waals surface area contributed by atoms with Crippen molar-refractivity contribution < 1.29 is 45.7 Å². The molecule has 3 N–H and O–H groups in total. The van der Waals surface area contributed by atoms with E-state index in [1.165, 1.54) is 12.1 Å². The smallest absolute Gasteiger partial charge is 1.00 e. The van der Waals surface area contributed by atoms with Gasteiger partial charge in [-0.05, 0) is 42.5 Å². The summed E-state index contributed by atoms with van der Waals surface area (Å²) in [7, 11) is 0. The largest absolute Gasteiger partial charge is 1.00 e. The molecule has 2 aromatic carbocycles. The van der Waals surface area contributed by atoms with E-state index in [0.29, 0.717) is 11.5 Å². The molecule has 1 atom stereocenters. The molecule has 0 aliphatic heterocycles. The van der Waals surface area contributed by atoms with Crippen LogP contribution in [0.1, 0.15) is 23.8 Å². The molecule has 7 nitrogen and oxygen atoms in total. The summed E-state index contributed by atoms with van der Waals surface area (Å²) in [6.07, 6.45) is 3.17. The quantitative estimate of drug-likeness (QED) is 0.364. The Morgan fingerprint density at radius 1 is 1.03 bits per heavy atom. The van der Waals surface area contributed by atoms with Crippen LogP contribution in [0.2, 0.25) is 10.0 Å². The molecule has 0 saturated heterocycles. The summed E-state index contributed by atoms with van der Waals surface area (Å²) < 4.78 is 0. The number of aromatic nitrogens is 2. The van der Waals surface area contributed by atoms with Gasteiger partial charge in [-0.15, -0.1) is 0 Å². The van der Waals surface area contributed by atoms with E-state index in [2.05, 4.69) is 32.4 Å². The van der Waals surface area contributed by atoms with Crippen LogP contribution in [0.5, 0.6) is 0 Å². The summed E-state index contributed by atoms with van der Waals surface area (Å²) in [5.41, 5.74) is 1.49. The molecule has 1 heterocycles. The zero-order valence-electron chi connectivity index (χ0n) is 18.0. The number of aliphatic carboxylic acids is 1. The topological polar surface area (TPSA) is 104 Å². The van der Waals surface area contributed by atoms with Crippen molar-refractivity contribution in [2.45, 2.75) is 12.5 Å². The fraction of sp³-hybridized carbons (Fsp3) is 0.0909. The number of hydrogen-bond acceptors (Lipinski definition) is 5. The number of benzene rings is 2. The summed E-state index contributed by atoms with van der Waals surface area (Å²) in [5, 5.41) is 15.1. The Balaban J connectivity index is 0.00000272. The van der Waals surface area contributed by atoms with Gasteiger partial charge >= 0.3 is 35.5 Å². The van der Waals surface area contributed by atoms with Gasteiger partial charge in [-0.25, -0.2) is 14.8 Å². The average Bonchev–Trinajstić information content (AvgIpc) is 2.75. The van der Waals surface area contributed by atoms with Crippen LogP contribution in [-0.2, 0) is 4.79 Å². The molecule has 1 amide bonds. The number of nitrogens with zero attached hydrogens (tertiary/aromatic N) is 2. The molecule has 158 valence electrons. The van der Waals surface area contributed by atoms with Gasteiger partial charge in [-0.2, -0.15) is 0 Å². The molecule has 10 heteroatoms. The van der Waals surface area contributed by atoms with Gasteiger partial charge in [0.05, 0.1) is 15.6 Å². The van der Waals surface area contributed by atoms with E-state index in [1.807, 2.05) is 0 Å². The van der Waals surface area contributed by atoms with Crippen LogP contribution in [0.15, 0.2) is 60.9 Å². The second-order valence-corrected chi connectivity index (χ2v) is 7.06. The average molecular weight is 479 g/mol. The first-order valence-electron chi connectivity index (χ1n) is 9.04. The van der Waals surface area contributed by atoms with Crippen molar-refractivity contribution in [2.75, 3.05) is 5.32 Å². The molecular weight excluding hydrogens is 462 g/mol. The Morgan fingerprint density at radius 2 is 1.66 bits per heavy atom. The number of carbonyl (C=O) groups excluding carboxylic acids is 1. The molecule has 1 aromatic heterocycles. The van der Waals surface area contributed by atoms with Gasteiger partial charge in [0.15, 0.2) is 0 Å². The summed E-state index contributed by atoms with van der Waals surface area (Å²) >= 11 is 12.0. The first-order valence-corrected chi connectivity index (χ1v) is 9.80. The van der Waals surface area contributed by atoms with Gasteiger partial charge in [0.1, 0.15) is 6.04 Å². The van der Waals surface area contributed by atoms with Crippen molar-refractivity contribution in [3.05, 3.63) is 82.1 Å². The summed E-state index contributed by atoms with van der Waals surface area (Å²) in [5.74, 6) is 4.24. The van der Waals surface area contributed by atoms with Crippen LogP contribution < -0.4 is 40.2 Å². The van der Waals surface area contributed by atoms with E-state index in [0.717, 1.165) is 5.69 Å². The first-order chi connectivity index (χ1) is 14.9. The van der Waals surface area contributed by atoms with Crippen molar-refractivity contribution in [2.24, 2.45) is 0 Å². The predicted octanol–water partition coefficient (Wildman–Crippen LogP) is 1.27. The fourth-order valence-corrected chi connectivity index (χ4v) is 3.10. The molecular formula is C22H17Cl2N4NaO3. The molecule has 3 rings (SSSR count). The maximum atomic E-state index is 12.4. The third-order valence-corrected chi connectivity index (χ3v) is 4.67. The Kier molecular flexibility index (Phi) is 9.97. The molecule has 0 radical (unpaired) electrons. The van der Waals surface area contributed by atoms with Gasteiger partial charge < -0.3 is 17.2 Å². The monoisotopic (exact) mass is 478 g/mol. The van der Waals surface area contributed by atoms with E-state index in [-0.39, 0.29) is 53.0 Å². The van der Waals surface area contributed by atoms with Gasteiger partial charge in [0.2, 0.25) is 5.95 Å². The summed E-state index contributed by atoms with van der Waals surface area (Å²) in [6.45, 7) is 0. The minimum Gasteiger partial charge on any atom is -1.00 e. The minimum atomic E-state index is -1.22. The number of halogens is 2. The number of anilines is 2. The van der Waals surface area contributed by atoms with Gasteiger partial charge in [0.25, 0.3) is 5.91 Å². The van der Waals surface area contributed by atoms with E-state index in [4.69, 9.17) is 23.2 Å². The maximum Gasteiger partial charge on any atom is 1.00 e. The SMILES string of the molecule is O=C(NC(CC#Cc1ccc(Nc2ncccn2)cc1)C(=O)O)c1c(Cl)cccc1Cl.[H-].[Na+]. The van der Waals surface area contributed by atoms with E-state index in [9.17, 15) is 14.7 Å². The fourth-order valence-electron chi connectivity index (χ4n) is 2.53. The van der Waals surface area contributed by atoms with Crippen molar-refractivity contribution in [1.29, 1.82) is 0 Å². The Labute approximate surface area is 218 Å². The van der Waals surface area contributed by atoms with Crippen molar-refractivity contribution >= 4 is 46.7 Å². The zero-order chi connectivity index (χ0) is 22.2. The second-order valence-electron chi connectivity index (χ2n) is 6.24. The van der Waals surface area contributed by atoms with Crippen molar-refractivity contribution in [1.82, 2.24) is 15.3 Å². The Hall–Kier alpha value is -2.60. The minimum absolute atomic E-state index is 0. The number of nitrogens with one attached hydrogen (secondary N) is 2. The molecule has 0 bridgehead atoms. The Morgan fingerprint density at radius 3 is 2.25 bits per heavy atom. The van der Waals surface area contributed by atoms with Crippen LogP contribution in [-0.4, -0.2) is 33.0 Å². The van der Waals surface area contributed by atoms with Crippen LogP contribution in [0.25, 0.3) is 0 Å². The van der Waals surface area contributed by atoms with Crippen LogP contribution in [0, 0.1) is 11.8 Å². The third-order valence-electron chi connectivity index (χ3n) is 4.04. The standard InChI is InChI=1S/C22H16Cl2N4O3.Na.H/c23-16-5-2-6-17(24)19(16)20(29)28-18(21(30)31)7-1-4-14-8-10-15(11-9-14)27-22-25-12-3-13-26-22;;/h2-3,5-6,8-13,18H,7H2,(H,28,29)(H,30,31)(H,25,26,27);;/q;+1;-1. The van der Waals surface area contributed by atoms with Crippen LogP contribution >= 0.6 is 23.2 Å². The normalized spacial score (nSPS) is 10.7. The van der Waals surface area contributed by atoms with Crippen LogP contribution in [0.4, 0.5) is 11.6 Å². The summed E-state index contributed by atoms with van der Waals surface area (Å²) in [4.78, 5) is 32.1. The van der Waals surface area contributed by atoms with E-state index >= 15 is 0 Å². The number of carboxylic acids is 1. The molecule has 1 unspecified atom stereocenters. The van der Waals surface area contributed by atoms with Crippen molar-refractivity contribution in [3.8, 4) is 11.8 Å². The first kappa shape index (κ1) is 25.7. The molecule has 0 aliphatic rings. The van der Waals surface area contributed by atoms with E-state index < -0.39 is 17.9 Å². The van der Waals surface area contributed by atoms with Crippen molar-refractivity contribution in [3.63, 3.8) is 0 Å². The van der Waals surface area contributed by atoms with Gasteiger partial charge in [0, 0.05) is 30.1 Å². The molecule has 0 fully saturated rings. The maximum absolute atomic E-state index is 12.4. The number of amides is 1. The van der Waals surface area contributed by atoms with Gasteiger partial charge in [-0.3, -0.25) is 4.79 Å². The summed E-state index contributed by atoms with van der Waals surface area (Å²) in [6, 6.07) is 12.2. The molecule has 0 saturated carbocycles. The van der Waals surface area contributed by atoms with E-state index in [1.54, 1.807) is 48.8 Å². The number of hydrogen-bond donors (Lipinski definition) is 3. The zero-order valence-corrected chi connectivity index (χ0v) is 20.5. The van der Waals surface area contributed by atoms with Gasteiger partial charge in [-0.1, -0.05) is 41.1 Å².